The number of hydrogen-bond donors (Lipinski definition) is 2. The number of nitrogens with two attached hydrogens (primary N) is 1. The lowest BCUT2D eigenvalue weighted by Crippen LogP contribution is -2.62. The SMILES string of the molecule is CCOC1CC(NC(=O)c2sccc2N)C1(C)C. The molecule has 1 aliphatic rings. The van der Waals surface area contributed by atoms with Crippen LogP contribution in [0.4, 0.5) is 5.69 Å². The Kier molecular flexibility index (Phi) is 3.64. The van der Waals surface area contributed by atoms with Crippen molar-refractivity contribution in [1.82, 2.24) is 5.32 Å². The van der Waals surface area contributed by atoms with Gasteiger partial charge in [0, 0.05) is 18.1 Å². The Labute approximate surface area is 112 Å². The maximum atomic E-state index is 12.1. The van der Waals surface area contributed by atoms with Gasteiger partial charge >= 0.3 is 0 Å². The molecule has 0 bridgehead atoms. The summed E-state index contributed by atoms with van der Waals surface area (Å²) in [4.78, 5) is 12.7. The third-order valence-electron chi connectivity index (χ3n) is 3.75. The molecule has 0 radical (unpaired) electrons. The Bertz CT molecular complexity index is 442. The molecule has 0 spiro atoms. The van der Waals surface area contributed by atoms with Crippen LogP contribution in [0, 0.1) is 5.41 Å². The lowest BCUT2D eigenvalue weighted by molar-refractivity contribution is -0.111. The van der Waals surface area contributed by atoms with Gasteiger partial charge in [0.25, 0.3) is 5.91 Å². The smallest absolute Gasteiger partial charge is 0.263 e. The molecule has 0 aliphatic heterocycles. The Hall–Kier alpha value is -1.07. The molecule has 0 saturated heterocycles. The van der Waals surface area contributed by atoms with Crippen molar-refractivity contribution in [2.24, 2.45) is 5.41 Å². The Morgan fingerprint density at radius 2 is 2.39 bits per heavy atom. The minimum Gasteiger partial charge on any atom is -0.397 e. The molecule has 1 fully saturated rings. The van der Waals surface area contributed by atoms with Gasteiger partial charge in [0.1, 0.15) is 4.88 Å². The molecular weight excluding hydrogens is 248 g/mol. The van der Waals surface area contributed by atoms with Gasteiger partial charge in [0.15, 0.2) is 0 Å². The average Bonchev–Trinajstić information content (AvgIpc) is 2.74. The van der Waals surface area contributed by atoms with E-state index in [4.69, 9.17) is 10.5 Å². The van der Waals surface area contributed by atoms with Crippen LogP contribution in [0.5, 0.6) is 0 Å². The molecule has 2 rings (SSSR count). The highest BCUT2D eigenvalue weighted by Gasteiger charge is 2.49. The summed E-state index contributed by atoms with van der Waals surface area (Å²) >= 11 is 1.38. The largest absolute Gasteiger partial charge is 0.397 e. The van der Waals surface area contributed by atoms with Crippen molar-refractivity contribution in [2.45, 2.75) is 39.3 Å². The Morgan fingerprint density at radius 1 is 1.67 bits per heavy atom. The van der Waals surface area contributed by atoms with Crippen molar-refractivity contribution in [3.63, 3.8) is 0 Å². The first-order valence-electron chi connectivity index (χ1n) is 6.22. The molecule has 1 heterocycles. The van der Waals surface area contributed by atoms with Crippen molar-refractivity contribution in [3.05, 3.63) is 16.3 Å². The molecule has 1 amide bonds. The minimum absolute atomic E-state index is 0.0162. The van der Waals surface area contributed by atoms with Crippen LogP contribution < -0.4 is 11.1 Å². The second kappa shape index (κ2) is 4.90. The average molecular weight is 268 g/mol. The molecule has 100 valence electrons. The second-order valence-electron chi connectivity index (χ2n) is 5.23. The first-order valence-corrected chi connectivity index (χ1v) is 7.10. The van der Waals surface area contributed by atoms with E-state index >= 15 is 0 Å². The summed E-state index contributed by atoms with van der Waals surface area (Å²) < 4.78 is 5.65. The molecule has 5 heteroatoms. The van der Waals surface area contributed by atoms with Crippen molar-refractivity contribution in [2.75, 3.05) is 12.3 Å². The van der Waals surface area contributed by atoms with Gasteiger partial charge in [0.2, 0.25) is 0 Å². The zero-order valence-corrected chi connectivity index (χ0v) is 11.8. The molecule has 2 unspecified atom stereocenters. The van der Waals surface area contributed by atoms with Crippen LogP contribution in [0.3, 0.4) is 0 Å². The molecular formula is C13H20N2O2S. The number of hydrogen-bond acceptors (Lipinski definition) is 4. The molecule has 1 saturated carbocycles. The zero-order valence-electron chi connectivity index (χ0n) is 11.0. The molecule has 18 heavy (non-hydrogen) atoms. The lowest BCUT2D eigenvalue weighted by Gasteiger charge is -2.51. The fraction of sp³-hybridized carbons (Fsp3) is 0.615. The van der Waals surface area contributed by atoms with Crippen LogP contribution in [-0.4, -0.2) is 24.7 Å². The maximum absolute atomic E-state index is 12.1. The van der Waals surface area contributed by atoms with E-state index < -0.39 is 0 Å². The standard InChI is InChI=1S/C13H20N2O2S/c1-4-17-10-7-9(13(10,2)3)15-12(16)11-8(14)5-6-18-11/h5-6,9-10H,4,7,14H2,1-3H3,(H,15,16). The quantitative estimate of drug-likeness (QED) is 0.880. The van der Waals surface area contributed by atoms with Gasteiger partial charge in [-0.3, -0.25) is 4.79 Å². The van der Waals surface area contributed by atoms with Crippen LogP contribution in [-0.2, 0) is 4.74 Å². The molecule has 3 N–H and O–H groups in total. The van der Waals surface area contributed by atoms with Crippen LogP contribution in [0.25, 0.3) is 0 Å². The van der Waals surface area contributed by atoms with Gasteiger partial charge in [-0.05, 0) is 24.8 Å². The number of carbonyl (C=O) groups is 1. The Morgan fingerprint density at radius 3 is 2.89 bits per heavy atom. The molecule has 1 aliphatic carbocycles. The number of nitrogen functional groups attached to an aromatic ring is 1. The minimum atomic E-state index is -0.0736. The number of anilines is 1. The Balaban J connectivity index is 1.96. The van der Waals surface area contributed by atoms with E-state index in [9.17, 15) is 4.79 Å². The molecule has 1 aromatic rings. The van der Waals surface area contributed by atoms with Crippen LogP contribution in [0.1, 0.15) is 36.9 Å². The first kappa shape index (κ1) is 13.4. The normalized spacial score (nSPS) is 25.5. The lowest BCUT2D eigenvalue weighted by atomic mass is 9.64. The number of thiophene rings is 1. The fourth-order valence-electron chi connectivity index (χ4n) is 2.34. The van der Waals surface area contributed by atoms with Gasteiger partial charge in [-0.25, -0.2) is 0 Å². The van der Waals surface area contributed by atoms with Gasteiger partial charge in [-0.15, -0.1) is 11.3 Å². The summed E-state index contributed by atoms with van der Waals surface area (Å²) in [6.07, 6.45) is 1.10. The summed E-state index contributed by atoms with van der Waals surface area (Å²) in [5.74, 6) is -0.0736. The molecule has 2 atom stereocenters. The van der Waals surface area contributed by atoms with Gasteiger partial charge in [0.05, 0.1) is 11.8 Å². The monoisotopic (exact) mass is 268 g/mol. The predicted octanol–water partition coefficient (Wildman–Crippen LogP) is 2.26. The summed E-state index contributed by atoms with van der Waals surface area (Å²) in [5.41, 5.74) is 6.28. The summed E-state index contributed by atoms with van der Waals surface area (Å²) in [6, 6.07) is 1.91. The highest BCUT2D eigenvalue weighted by atomic mass is 32.1. The van der Waals surface area contributed by atoms with E-state index in [0.29, 0.717) is 17.2 Å². The third-order valence-corrected chi connectivity index (χ3v) is 4.68. The van der Waals surface area contributed by atoms with E-state index in [-0.39, 0.29) is 23.5 Å². The summed E-state index contributed by atoms with van der Waals surface area (Å²) in [7, 11) is 0. The number of ether oxygens (including phenoxy) is 1. The first-order chi connectivity index (χ1) is 8.46. The van der Waals surface area contributed by atoms with E-state index in [0.717, 1.165) is 6.42 Å². The van der Waals surface area contributed by atoms with Crippen LogP contribution >= 0.6 is 11.3 Å². The second-order valence-corrected chi connectivity index (χ2v) is 6.15. The molecule has 1 aromatic heterocycles. The highest BCUT2D eigenvalue weighted by molar-refractivity contribution is 7.12. The topological polar surface area (TPSA) is 64.3 Å². The van der Waals surface area contributed by atoms with Crippen molar-refractivity contribution in [3.8, 4) is 0 Å². The number of rotatable bonds is 4. The maximum Gasteiger partial charge on any atom is 0.263 e. The predicted molar refractivity (Wildman–Crippen MR) is 73.8 cm³/mol. The number of nitrogens with one attached hydrogen (secondary N) is 1. The van der Waals surface area contributed by atoms with Crippen molar-refractivity contribution < 1.29 is 9.53 Å². The van der Waals surface area contributed by atoms with Gasteiger partial charge in [-0.2, -0.15) is 0 Å². The van der Waals surface area contributed by atoms with Crippen LogP contribution in [0.2, 0.25) is 0 Å². The van der Waals surface area contributed by atoms with E-state index in [2.05, 4.69) is 19.2 Å². The van der Waals surface area contributed by atoms with E-state index in [1.54, 1.807) is 6.07 Å². The van der Waals surface area contributed by atoms with E-state index in [1.165, 1.54) is 11.3 Å². The van der Waals surface area contributed by atoms with Crippen molar-refractivity contribution in [1.29, 1.82) is 0 Å². The van der Waals surface area contributed by atoms with Gasteiger partial charge < -0.3 is 15.8 Å². The third kappa shape index (κ3) is 2.24. The fourth-order valence-corrected chi connectivity index (χ4v) is 3.06. The zero-order chi connectivity index (χ0) is 13.3. The highest BCUT2D eigenvalue weighted by Crippen LogP contribution is 2.43. The van der Waals surface area contributed by atoms with Gasteiger partial charge in [-0.1, -0.05) is 13.8 Å². The van der Waals surface area contributed by atoms with Crippen LogP contribution in [0.15, 0.2) is 11.4 Å². The van der Waals surface area contributed by atoms with E-state index in [1.807, 2.05) is 12.3 Å². The summed E-state index contributed by atoms with van der Waals surface area (Å²) in [5, 5.41) is 4.88. The summed E-state index contributed by atoms with van der Waals surface area (Å²) in [6.45, 7) is 6.96. The molecule has 0 aromatic carbocycles. The molecule has 4 nitrogen and oxygen atoms in total. The number of amides is 1. The number of carbonyl (C=O) groups excluding carboxylic acids is 1. The van der Waals surface area contributed by atoms with Crippen molar-refractivity contribution >= 4 is 22.9 Å².